The lowest BCUT2D eigenvalue weighted by Gasteiger charge is -2.35. The molecule has 2 atom stereocenters. The van der Waals surface area contributed by atoms with Crippen LogP contribution in [-0.4, -0.2) is 45.5 Å². The summed E-state index contributed by atoms with van der Waals surface area (Å²) >= 11 is 0. The summed E-state index contributed by atoms with van der Waals surface area (Å²) in [5.74, 6) is 0.550. The van der Waals surface area contributed by atoms with Crippen LogP contribution in [0.4, 0.5) is 0 Å². The first-order chi connectivity index (χ1) is 13.1. The van der Waals surface area contributed by atoms with Crippen LogP contribution in [0.25, 0.3) is 5.65 Å². The minimum Gasteiger partial charge on any atom is -0.486 e. The molecule has 0 saturated carbocycles. The molecule has 0 N–H and O–H groups in total. The van der Waals surface area contributed by atoms with E-state index in [1.807, 2.05) is 78.0 Å². The van der Waals surface area contributed by atoms with E-state index in [1.165, 1.54) is 0 Å². The standard InChI is InChI=1S/C21H23N3O3/c1-15-11-24(12-16(2)27-15)21(25)18-7-3-4-8-19(18)26-14-17-13-23-10-6-5-9-20(23)22-17/h3-10,13,15-16H,11-12,14H2,1-2H3/t15-,16-/m0/s1. The lowest BCUT2D eigenvalue weighted by molar-refractivity contribution is -0.0586. The van der Waals surface area contributed by atoms with Gasteiger partial charge in [0, 0.05) is 25.5 Å². The summed E-state index contributed by atoms with van der Waals surface area (Å²) in [6.07, 6.45) is 3.95. The highest BCUT2D eigenvalue weighted by molar-refractivity contribution is 5.97. The monoisotopic (exact) mass is 365 g/mol. The highest BCUT2D eigenvalue weighted by Crippen LogP contribution is 2.23. The summed E-state index contributed by atoms with van der Waals surface area (Å²) < 4.78 is 13.6. The second kappa shape index (κ2) is 7.40. The van der Waals surface area contributed by atoms with E-state index in [9.17, 15) is 4.79 Å². The van der Waals surface area contributed by atoms with Gasteiger partial charge in [-0.3, -0.25) is 4.79 Å². The molecule has 1 amide bonds. The summed E-state index contributed by atoms with van der Waals surface area (Å²) in [5, 5.41) is 0. The predicted molar refractivity (Wildman–Crippen MR) is 102 cm³/mol. The van der Waals surface area contributed by atoms with E-state index in [0.29, 0.717) is 31.0 Å². The Morgan fingerprint density at radius 2 is 1.89 bits per heavy atom. The van der Waals surface area contributed by atoms with Crippen LogP contribution in [0.15, 0.2) is 54.9 Å². The molecule has 6 nitrogen and oxygen atoms in total. The average Bonchev–Trinajstić information content (AvgIpc) is 3.08. The zero-order valence-electron chi connectivity index (χ0n) is 15.5. The average molecular weight is 365 g/mol. The topological polar surface area (TPSA) is 56.1 Å². The first-order valence-electron chi connectivity index (χ1n) is 9.19. The summed E-state index contributed by atoms with van der Waals surface area (Å²) in [7, 11) is 0. The van der Waals surface area contributed by atoms with Crippen LogP contribution in [0.1, 0.15) is 29.9 Å². The minimum atomic E-state index is -0.0254. The van der Waals surface area contributed by atoms with Crippen LogP contribution in [0, 0.1) is 0 Å². The van der Waals surface area contributed by atoms with Gasteiger partial charge in [-0.2, -0.15) is 0 Å². The van der Waals surface area contributed by atoms with Crippen LogP contribution < -0.4 is 4.74 Å². The zero-order valence-corrected chi connectivity index (χ0v) is 15.5. The Balaban J connectivity index is 1.51. The molecule has 1 aromatic carbocycles. The molecule has 3 aromatic rings. The van der Waals surface area contributed by atoms with E-state index >= 15 is 0 Å². The highest BCUT2D eigenvalue weighted by atomic mass is 16.5. The number of ether oxygens (including phenoxy) is 2. The third kappa shape index (κ3) is 3.80. The molecular formula is C21H23N3O3. The van der Waals surface area contributed by atoms with Gasteiger partial charge in [-0.05, 0) is 38.1 Å². The van der Waals surface area contributed by atoms with Gasteiger partial charge in [0.2, 0.25) is 0 Å². The molecule has 1 fully saturated rings. The fourth-order valence-corrected chi connectivity index (χ4v) is 3.49. The van der Waals surface area contributed by atoms with Crippen LogP contribution in [-0.2, 0) is 11.3 Å². The Kier molecular flexibility index (Phi) is 4.81. The fourth-order valence-electron chi connectivity index (χ4n) is 3.49. The normalized spacial score (nSPS) is 20.0. The number of carbonyl (C=O) groups is 1. The number of amides is 1. The SMILES string of the molecule is C[C@H]1CN(C(=O)c2ccccc2OCc2cn3ccccc3n2)C[C@H](C)O1. The number of imidazole rings is 1. The fraction of sp³-hybridized carbons (Fsp3) is 0.333. The summed E-state index contributed by atoms with van der Waals surface area (Å²) in [6, 6.07) is 13.2. The van der Waals surface area contributed by atoms with Crippen molar-refractivity contribution >= 4 is 11.6 Å². The van der Waals surface area contributed by atoms with Crippen LogP contribution in [0.5, 0.6) is 5.75 Å². The van der Waals surface area contributed by atoms with Crippen molar-refractivity contribution in [3.8, 4) is 5.75 Å². The van der Waals surface area contributed by atoms with Crippen molar-refractivity contribution in [3.63, 3.8) is 0 Å². The molecule has 1 aliphatic heterocycles. The highest BCUT2D eigenvalue weighted by Gasteiger charge is 2.28. The van der Waals surface area contributed by atoms with Gasteiger partial charge in [-0.1, -0.05) is 18.2 Å². The smallest absolute Gasteiger partial charge is 0.257 e. The number of morpholine rings is 1. The molecule has 27 heavy (non-hydrogen) atoms. The molecule has 3 heterocycles. The van der Waals surface area contributed by atoms with Crippen LogP contribution in [0.3, 0.4) is 0 Å². The number of fused-ring (bicyclic) bond motifs is 1. The number of benzene rings is 1. The molecule has 2 aromatic heterocycles. The van der Waals surface area contributed by atoms with E-state index in [4.69, 9.17) is 9.47 Å². The van der Waals surface area contributed by atoms with Gasteiger partial charge in [-0.25, -0.2) is 4.98 Å². The number of para-hydroxylation sites is 1. The van der Waals surface area contributed by atoms with E-state index in [2.05, 4.69) is 4.98 Å². The second-order valence-corrected chi connectivity index (χ2v) is 6.95. The van der Waals surface area contributed by atoms with Crippen LogP contribution >= 0.6 is 0 Å². The Morgan fingerprint density at radius 3 is 2.67 bits per heavy atom. The number of rotatable bonds is 4. The molecule has 140 valence electrons. The second-order valence-electron chi connectivity index (χ2n) is 6.95. The summed E-state index contributed by atoms with van der Waals surface area (Å²) in [6.45, 7) is 5.46. The third-order valence-electron chi connectivity index (χ3n) is 4.61. The van der Waals surface area contributed by atoms with Crippen molar-refractivity contribution in [1.82, 2.24) is 14.3 Å². The molecule has 0 aliphatic carbocycles. The molecular weight excluding hydrogens is 342 g/mol. The number of hydrogen-bond acceptors (Lipinski definition) is 4. The molecule has 1 aliphatic rings. The lowest BCUT2D eigenvalue weighted by atomic mass is 10.1. The van der Waals surface area contributed by atoms with Crippen molar-refractivity contribution < 1.29 is 14.3 Å². The molecule has 1 saturated heterocycles. The molecule has 0 spiro atoms. The van der Waals surface area contributed by atoms with Gasteiger partial charge in [0.25, 0.3) is 5.91 Å². The summed E-state index contributed by atoms with van der Waals surface area (Å²) in [4.78, 5) is 19.4. The Bertz CT molecular complexity index is 910. The van der Waals surface area contributed by atoms with Gasteiger partial charge in [-0.15, -0.1) is 0 Å². The van der Waals surface area contributed by atoms with Gasteiger partial charge in [0.15, 0.2) is 0 Å². The van der Waals surface area contributed by atoms with Crippen molar-refractivity contribution in [3.05, 3.63) is 66.1 Å². The first-order valence-corrected chi connectivity index (χ1v) is 9.19. The lowest BCUT2D eigenvalue weighted by Crippen LogP contribution is -2.48. The van der Waals surface area contributed by atoms with Crippen LogP contribution in [0.2, 0.25) is 0 Å². The number of nitrogens with zero attached hydrogens (tertiary/aromatic N) is 3. The Morgan fingerprint density at radius 1 is 1.15 bits per heavy atom. The third-order valence-corrected chi connectivity index (χ3v) is 4.61. The zero-order chi connectivity index (χ0) is 18.8. The number of pyridine rings is 1. The molecule has 4 rings (SSSR count). The molecule has 0 unspecified atom stereocenters. The van der Waals surface area contributed by atoms with Gasteiger partial charge >= 0.3 is 0 Å². The number of aromatic nitrogens is 2. The largest absolute Gasteiger partial charge is 0.486 e. The molecule has 0 radical (unpaired) electrons. The first kappa shape index (κ1) is 17.5. The molecule has 0 bridgehead atoms. The maximum atomic E-state index is 13.0. The Labute approximate surface area is 158 Å². The van der Waals surface area contributed by atoms with Gasteiger partial charge in [0.05, 0.1) is 23.5 Å². The predicted octanol–water partition coefficient (Wildman–Crippen LogP) is 3.16. The van der Waals surface area contributed by atoms with E-state index in [1.54, 1.807) is 0 Å². The van der Waals surface area contributed by atoms with Crippen molar-refractivity contribution in [1.29, 1.82) is 0 Å². The Hall–Kier alpha value is -2.86. The maximum Gasteiger partial charge on any atom is 0.257 e. The van der Waals surface area contributed by atoms with E-state index < -0.39 is 0 Å². The number of carbonyl (C=O) groups excluding carboxylic acids is 1. The van der Waals surface area contributed by atoms with E-state index in [-0.39, 0.29) is 18.1 Å². The van der Waals surface area contributed by atoms with E-state index in [0.717, 1.165) is 11.3 Å². The van der Waals surface area contributed by atoms with Gasteiger partial charge in [0.1, 0.15) is 18.0 Å². The van der Waals surface area contributed by atoms with Gasteiger partial charge < -0.3 is 18.8 Å². The maximum absolute atomic E-state index is 13.0. The molecule has 6 heteroatoms. The minimum absolute atomic E-state index is 0.0254. The summed E-state index contributed by atoms with van der Waals surface area (Å²) in [5.41, 5.74) is 2.26. The van der Waals surface area contributed by atoms with Crippen molar-refractivity contribution in [2.75, 3.05) is 13.1 Å². The van der Waals surface area contributed by atoms with Crippen molar-refractivity contribution in [2.45, 2.75) is 32.7 Å². The van der Waals surface area contributed by atoms with Crippen molar-refractivity contribution in [2.24, 2.45) is 0 Å². The quantitative estimate of drug-likeness (QED) is 0.713. The number of hydrogen-bond donors (Lipinski definition) is 0.